The van der Waals surface area contributed by atoms with Crippen molar-refractivity contribution in [3.8, 4) is 11.1 Å². The SMILES string of the molecule is C[SiH2][C@H]1CC[C@](C)(c2ccc(-c3cc(F)c(F)c(F)c3)cc2)CC1. The van der Waals surface area contributed by atoms with Crippen molar-refractivity contribution in [2.45, 2.75) is 50.1 Å². The van der Waals surface area contributed by atoms with Crippen molar-refractivity contribution >= 4 is 9.52 Å². The quantitative estimate of drug-likeness (QED) is 0.500. The van der Waals surface area contributed by atoms with Crippen molar-refractivity contribution in [3.05, 3.63) is 59.4 Å². The summed E-state index contributed by atoms with van der Waals surface area (Å²) in [6.45, 7) is 4.70. The van der Waals surface area contributed by atoms with E-state index in [9.17, 15) is 13.2 Å². The van der Waals surface area contributed by atoms with Crippen molar-refractivity contribution in [3.63, 3.8) is 0 Å². The standard InChI is InChI=1S/C20H23F3Si/c1-20(9-7-16(24-2)8-10-20)15-5-3-13(4-6-15)14-11-17(21)19(23)18(22)12-14/h3-6,11-12,16H,7-10,24H2,1-2H3/t16-,20-. The summed E-state index contributed by atoms with van der Waals surface area (Å²) < 4.78 is 39.9. The Balaban J connectivity index is 1.84. The molecule has 24 heavy (non-hydrogen) atoms. The van der Waals surface area contributed by atoms with E-state index in [1.165, 1.54) is 31.2 Å². The summed E-state index contributed by atoms with van der Waals surface area (Å²) in [7, 11) is 0.0854. The average Bonchev–Trinajstić information content (AvgIpc) is 2.60. The predicted molar refractivity (Wildman–Crippen MR) is 95.7 cm³/mol. The maximum absolute atomic E-state index is 13.4. The smallest absolute Gasteiger partial charge is 0.194 e. The highest BCUT2D eigenvalue weighted by molar-refractivity contribution is 6.35. The van der Waals surface area contributed by atoms with Gasteiger partial charge in [0.05, 0.1) is 0 Å². The second-order valence-electron chi connectivity index (χ2n) is 7.24. The van der Waals surface area contributed by atoms with Crippen LogP contribution in [-0.4, -0.2) is 9.52 Å². The molecule has 1 aliphatic carbocycles. The largest absolute Gasteiger partial charge is 0.204 e. The number of rotatable bonds is 3. The van der Waals surface area contributed by atoms with E-state index >= 15 is 0 Å². The lowest BCUT2D eigenvalue weighted by molar-refractivity contribution is 0.319. The first-order valence-corrected chi connectivity index (χ1v) is 10.9. The van der Waals surface area contributed by atoms with E-state index in [2.05, 4.69) is 25.6 Å². The minimum absolute atomic E-state index is 0.0854. The summed E-state index contributed by atoms with van der Waals surface area (Å²) in [5, 5.41) is 0. The number of benzene rings is 2. The minimum Gasteiger partial charge on any atom is -0.204 e. The van der Waals surface area contributed by atoms with Crippen LogP contribution < -0.4 is 0 Å². The summed E-state index contributed by atoms with van der Waals surface area (Å²) in [5.41, 5.74) is 3.52. The zero-order valence-corrected chi connectivity index (χ0v) is 15.6. The minimum atomic E-state index is -1.42. The van der Waals surface area contributed by atoms with E-state index in [4.69, 9.17) is 0 Å². The maximum atomic E-state index is 13.4. The first kappa shape index (κ1) is 17.3. The lowest BCUT2D eigenvalue weighted by atomic mass is 9.70. The van der Waals surface area contributed by atoms with Crippen LogP contribution in [0, 0.1) is 17.5 Å². The number of halogens is 3. The Labute approximate surface area is 143 Å². The van der Waals surface area contributed by atoms with Gasteiger partial charge in [-0.3, -0.25) is 0 Å². The summed E-state index contributed by atoms with van der Waals surface area (Å²) in [6, 6.07) is 9.97. The van der Waals surface area contributed by atoms with E-state index in [1.807, 2.05) is 12.1 Å². The first-order chi connectivity index (χ1) is 11.4. The highest BCUT2D eigenvalue weighted by atomic mass is 28.2. The molecule has 0 aromatic heterocycles. The highest BCUT2D eigenvalue weighted by Crippen LogP contribution is 2.43. The molecule has 0 nitrogen and oxygen atoms in total. The Bertz CT molecular complexity index is 693. The predicted octanol–water partition coefficient (Wildman–Crippen LogP) is 5.61. The Hall–Kier alpha value is -1.55. The molecule has 0 N–H and O–H groups in total. The van der Waals surface area contributed by atoms with Gasteiger partial charge < -0.3 is 0 Å². The average molecular weight is 348 g/mol. The molecule has 1 aliphatic rings. The molecular formula is C20H23F3Si. The van der Waals surface area contributed by atoms with Gasteiger partial charge in [0.25, 0.3) is 0 Å². The monoisotopic (exact) mass is 348 g/mol. The molecule has 1 saturated carbocycles. The van der Waals surface area contributed by atoms with Crippen molar-refractivity contribution in [2.24, 2.45) is 0 Å². The lowest BCUT2D eigenvalue weighted by Crippen LogP contribution is -2.28. The van der Waals surface area contributed by atoms with E-state index in [-0.39, 0.29) is 14.9 Å². The molecule has 0 atom stereocenters. The Morgan fingerprint density at radius 3 is 1.96 bits per heavy atom. The van der Waals surface area contributed by atoms with Gasteiger partial charge in [0.1, 0.15) is 0 Å². The van der Waals surface area contributed by atoms with Crippen LogP contribution in [0.5, 0.6) is 0 Å². The van der Waals surface area contributed by atoms with Gasteiger partial charge in [-0.25, -0.2) is 13.2 Å². The van der Waals surface area contributed by atoms with Crippen LogP contribution in [0.15, 0.2) is 36.4 Å². The molecule has 2 aromatic rings. The Kier molecular flexibility index (Phi) is 4.86. The van der Waals surface area contributed by atoms with Gasteiger partial charge in [-0.05, 0) is 47.1 Å². The van der Waals surface area contributed by atoms with Crippen LogP contribution in [0.3, 0.4) is 0 Å². The van der Waals surface area contributed by atoms with Gasteiger partial charge in [0.15, 0.2) is 17.5 Å². The zero-order valence-electron chi connectivity index (χ0n) is 14.2. The molecule has 2 aromatic carbocycles. The molecule has 0 spiro atoms. The third kappa shape index (κ3) is 3.29. The summed E-state index contributed by atoms with van der Waals surface area (Å²) >= 11 is 0. The number of hydrogen-bond donors (Lipinski definition) is 0. The third-order valence-corrected chi connectivity index (χ3v) is 7.66. The fraction of sp³-hybridized carbons (Fsp3) is 0.400. The fourth-order valence-corrected chi connectivity index (χ4v) is 5.02. The van der Waals surface area contributed by atoms with Gasteiger partial charge in [-0.1, -0.05) is 56.1 Å². The maximum Gasteiger partial charge on any atom is 0.194 e. The molecule has 1 fully saturated rings. The Morgan fingerprint density at radius 2 is 1.46 bits per heavy atom. The van der Waals surface area contributed by atoms with Crippen molar-refractivity contribution in [2.75, 3.05) is 0 Å². The molecule has 0 bridgehead atoms. The van der Waals surface area contributed by atoms with Crippen molar-refractivity contribution in [1.82, 2.24) is 0 Å². The summed E-state index contributed by atoms with van der Waals surface area (Å²) in [5.74, 6) is -3.72. The number of hydrogen-bond acceptors (Lipinski definition) is 0. The van der Waals surface area contributed by atoms with Crippen molar-refractivity contribution in [1.29, 1.82) is 0 Å². The molecule has 0 radical (unpaired) electrons. The molecule has 0 heterocycles. The van der Waals surface area contributed by atoms with Crippen LogP contribution in [0.25, 0.3) is 11.1 Å². The van der Waals surface area contributed by atoms with E-state index in [1.54, 1.807) is 0 Å². The van der Waals surface area contributed by atoms with Gasteiger partial charge >= 0.3 is 0 Å². The summed E-state index contributed by atoms with van der Waals surface area (Å²) in [6.07, 6.45) is 5.04. The molecule has 0 saturated heterocycles. The van der Waals surface area contributed by atoms with E-state index in [0.29, 0.717) is 11.1 Å². The molecule has 3 rings (SSSR count). The second kappa shape index (κ2) is 6.75. The van der Waals surface area contributed by atoms with Gasteiger partial charge in [0.2, 0.25) is 0 Å². The highest BCUT2D eigenvalue weighted by Gasteiger charge is 2.31. The summed E-state index contributed by atoms with van der Waals surface area (Å²) in [4.78, 5) is 0. The van der Waals surface area contributed by atoms with Crippen LogP contribution >= 0.6 is 0 Å². The van der Waals surface area contributed by atoms with Crippen LogP contribution in [0.2, 0.25) is 12.1 Å². The molecule has 128 valence electrons. The Morgan fingerprint density at radius 1 is 0.917 bits per heavy atom. The van der Waals surface area contributed by atoms with E-state index < -0.39 is 17.5 Å². The topological polar surface area (TPSA) is 0 Å². The van der Waals surface area contributed by atoms with Crippen LogP contribution in [0.4, 0.5) is 13.2 Å². The second-order valence-corrected chi connectivity index (χ2v) is 9.21. The fourth-order valence-electron chi connectivity index (χ4n) is 3.80. The molecular weight excluding hydrogens is 325 g/mol. The molecule has 0 aliphatic heterocycles. The van der Waals surface area contributed by atoms with E-state index in [0.717, 1.165) is 17.7 Å². The van der Waals surface area contributed by atoms with Crippen molar-refractivity contribution < 1.29 is 13.2 Å². The lowest BCUT2D eigenvalue weighted by Gasteiger charge is -2.37. The first-order valence-electron chi connectivity index (χ1n) is 8.68. The van der Waals surface area contributed by atoms with Gasteiger partial charge in [0, 0.05) is 9.52 Å². The van der Waals surface area contributed by atoms with Crippen LogP contribution in [0.1, 0.15) is 38.2 Å². The molecule has 0 amide bonds. The van der Waals surface area contributed by atoms with Crippen LogP contribution in [-0.2, 0) is 5.41 Å². The van der Waals surface area contributed by atoms with Gasteiger partial charge in [-0.2, -0.15) is 0 Å². The van der Waals surface area contributed by atoms with Gasteiger partial charge in [-0.15, -0.1) is 0 Å². The molecule has 0 unspecified atom stereocenters. The molecule has 4 heteroatoms. The zero-order chi connectivity index (χ0) is 17.3. The third-order valence-electron chi connectivity index (χ3n) is 5.69. The normalized spacial score (nSPS) is 24.6.